The minimum absolute atomic E-state index is 0.356. The molecule has 0 amide bonds. The molecule has 1 aliphatic rings. The SMILES string of the molecule is N#CC1(c2ccccc2Cl)CC(O)C1. The number of nitriles is 1. The van der Waals surface area contributed by atoms with Crippen LogP contribution in [0.3, 0.4) is 0 Å². The molecule has 72 valence electrons. The van der Waals surface area contributed by atoms with Crippen LogP contribution in [0.4, 0.5) is 0 Å². The molecule has 0 aromatic heterocycles. The standard InChI is InChI=1S/C11H10ClNO/c12-10-4-2-1-3-9(10)11(7-13)5-8(14)6-11/h1-4,8,14H,5-6H2. The molecular formula is C11H10ClNO. The maximum atomic E-state index is 9.27. The molecule has 1 aliphatic carbocycles. The molecular weight excluding hydrogens is 198 g/mol. The van der Waals surface area contributed by atoms with E-state index in [1.165, 1.54) is 0 Å². The molecule has 0 heterocycles. The summed E-state index contributed by atoms with van der Waals surface area (Å²) in [6.07, 6.45) is 0.631. The summed E-state index contributed by atoms with van der Waals surface area (Å²) < 4.78 is 0. The van der Waals surface area contributed by atoms with E-state index in [4.69, 9.17) is 16.9 Å². The summed E-state index contributed by atoms with van der Waals surface area (Å²) in [5.41, 5.74) is 0.284. The molecule has 0 bridgehead atoms. The molecule has 0 spiro atoms. The Hall–Kier alpha value is -1.04. The number of halogens is 1. The minimum Gasteiger partial charge on any atom is -0.393 e. The van der Waals surface area contributed by atoms with Gasteiger partial charge < -0.3 is 5.11 Å². The molecule has 14 heavy (non-hydrogen) atoms. The number of hydrogen-bond acceptors (Lipinski definition) is 2. The number of nitrogens with zero attached hydrogens (tertiary/aromatic N) is 1. The van der Waals surface area contributed by atoms with Gasteiger partial charge in [0.05, 0.1) is 17.6 Å². The van der Waals surface area contributed by atoms with E-state index in [1.54, 1.807) is 6.07 Å². The largest absolute Gasteiger partial charge is 0.393 e. The van der Waals surface area contributed by atoms with Crippen LogP contribution in [0.5, 0.6) is 0 Å². The average Bonchev–Trinajstić information content (AvgIpc) is 2.14. The quantitative estimate of drug-likeness (QED) is 0.768. The first-order valence-corrected chi connectivity index (χ1v) is 4.90. The highest BCUT2D eigenvalue weighted by atomic mass is 35.5. The van der Waals surface area contributed by atoms with Gasteiger partial charge in [-0.05, 0) is 24.5 Å². The van der Waals surface area contributed by atoms with E-state index in [0.717, 1.165) is 5.56 Å². The molecule has 0 atom stereocenters. The van der Waals surface area contributed by atoms with Gasteiger partial charge in [0.15, 0.2) is 0 Å². The Morgan fingerprint density at radius 3 is 2.57 bits per heavy atom. The third kappa shape index (κ3) is 1.30. The lowest BCUT2D eigenvalue weighted by molar-refractivity contribution is 0.0448. The summed E-state index contributed by atoms with van der Waals surface area (Å²) in [4.78, 5) is 0. The first-order valence-electron chi connectivity index (χ1n) is 4.52. The minimum atomic E-state index is -0.558. The van der Waals surface area contributed by atoms with Crippen LogP contribution in [0.2, 0.25) is 5.02 Å². The Labute approximate surface area is 87.7 Å². The van der Waals surface area contributed by atoms with Crippen LogP contribution in [-0.2, 0) is 5.41 Å². The molecule has 0 saturated heterocycles. The van der Waals surface area contributed by atoms with Crippen molar-refractivity contribution in [2.45, 2.75) is 24.4 Å². The van der Waals surface area contributed by atoms with Gasteiger partial charge in [0.25, 0.3) is 0 Å². The van der Waals surface area contributed by atoms with E-state index in [2.05, 4.69) is 6.07 Å². The van der Waals surface area contributed by atoms with Gasteiger partial charge in [0, 0.05) is 5.02 Å². The molecule has 0 radical (unpaired) electrons. The number of aliphatic hydroxyl groups is 1. The number of aliphatic hydroxyl groups excluding tert-OH is 1. The van der Waals surface area contributed by atoms with Crippen LogP contribution < -0.4 is 0 Å². The Bertz CT molecular complexity index is 391. The highest BCUT2D eigenvalue weighted by Crippen LogP contribution is 2.45. The molecule has 1 fully saturated rings. The van der Waals surface area contributed by atoms with Gasteiger partial charge in [-0.3, -0.25) is 0 Å². The van der Waals surface area contributed by atoms with Crippen molar-refractivity contribution in [1.82, 2.24) is 0 Å². The molecule has 1 aromatic rings. The Morgan fingerprint density at radius 1 is 1.43 bits per heavy atom. The van der Waals surface area contributed by atoms with Gasteiger partial charge in [-0.2, -0.15) is 5.26 Å². The predicted molar refractivity (Wildman–Crippen MR) is 54.0 cm³/mol. The maximum Gasteiger partial charge on any atom is 0.0885 e. The van der Waals surface area contributed by atoms with Crippen molar-refractivity contribution in [2.75, 3.05) is 0 Å². The van der Waals surface area contributed by atoms with Crippen molar-refractivity contribution in [3.05, 3.63) is 34.9 Å². The zero-order chi connectivity index (χ0) is 10.2. The van der Waals surface area contributed by atoms with Crippen molar-refractivity contribution in [3.8, 4) is 6.07 Å². The Balaban J connectivity index is 2.40. The summed E-state index contributed by atoms with van der Waals surface area (Å²) >= 11 is 6.02. The molecule has 1 N–H and O–H groups in total. The normalized spacial score (nSPS) is 30.5. The summed E-state index contributed by atoms with van der Waals surface area (Å²) in [5, 5.41) is 19.0. The molecule has 1 saturated carbocycles. The highest BCUT2D eigenvalue weighted by Gasteiger charge is 2.46. The van der Waals surface area contributed by atoms with E-state index in [9.17, 15) is 5.11 Å². The zero-order valence-electron chi connectivity index (χ0n) is 7.57. The molecule has 0 unspecified atom stereocenters. The second kappa shape index (κ2) is 3.27. The fourth-order valence-corrected chi connectivity index (χ4v) is 2.28. The number of hydrogen-bond donors (Lipinski definition) is 1. The second-order valence-electron chi connectivity index (χ2n) is 3.74. The lowest BCUT2D eigenvalue weighted by atomic mass is 9.64. The van der Waals surface area contributed by atoms with E-state index < -0.39 is 5.41 Å². The summed E-state index contributed by atoms with van der Waals surface area (Å²) in [7, 11) is 0. The third-order valence-electron chi connectivity index (χ3n) is 2.77. The van der Waals surface area contributed by atoms with Gasteiger partial charge in [-0.15, -0.1) is 0 Å². The van der Waals surface area contributed by atoms with Crippen molar-refractivity contribution in [1.29, 1.82) is 5.26 Å². The van der Waals surface area contributed by atoms with Gasteiger partial charge in [-0.1, -0.05) is 29.8 Å². The summed E-state index contributed by atoms with van der Waals surface area (Å²) in [5.74, 6) is 0. The van der Waals surface area contributed by atoms with E-state index in [-0.39, 0.29) is 6.10 Å². The molecule has 1 aromatic carbocycles. The van der Waals surface area contributed by atoms with Crippen LogP contribution >= 0.6 is 11.6 Å². The first kappa shape index (κ1) is 9.51. The molecule has 3 heteroatoms. The first-order chi connectivity index (χ1) is 6.68. The fourth-order valence-electron chi connectivity index (χ4n) is 1.97. The zero-order valence-corrected chi connectivity index (χ0v) is 8.33. The molecule has 2 rings (SSSR count). The van der Waals surface area contributed by atoms with Crippen molar-refractivity contribution < 1.29 is 5.11 Å². The van der Waals surface area contributed by atoms with Crippen LogP contribution in [0.15, 0.2) is 24.3 Å². The van der Waals surface area contributed by atoms with E-state index in [1.807, 2.05) is 18.2 Å². The van der Waals surface area contributed by atoms with E-state index in [0.29, 0.717) is 17.9 Å². The van der Waals surface area contributed by atoms with Crippen LogP contribution in [-0.4, -0.2) is 11.2 Å². The van der Waals surface area contributed by atoms with Gasteiger partial charge in [0.2, 0.25) is 0 Å². The van der Waals surface area contributed by atoms with Gasteiger partial charge >= 0.3 is 0 Å². The van der Waals surface area contributed by atoms with Crippen molar-refractivity contribution >= 4 is 11.6 Å². The van der Waals surface area contributed by atoms with Crippen LogP contribution in [0.25, 0.3) is 0 Å². The average molecular weight is 208 g/mol. The topological polar surface area (TPSA) is 44.0 Å². The van der Waals surface area contributed by atoms with Gasteiger partial charge in [-0.25, -0.2) is 0 Å². The van der Waals surface area contributed by atoms with Crippen LogP contribution in [0, 0.1) is 11.3 Å². The van der Waals surface area contributed by atoms with Crippen LogP contribution in [0.1, 0.15) is 18.4 Å². The number of benzene rings is 1. The lowest BCUT2D eigenvalue weighted by Crippen LogP contribution is -2.43. The predicted octanol–water partition coefficient (Wildman–Crippen LogP) is 2.26. The third-order valence-corrected chi connectivity index (χ3v) is 3.10. The number of rotatable bonds is 1. The second-order valence-corrected chi connectivity index (χ2v) is 4.14. The maximum absolute atomic E-state index is 9.27. The van der Waals surface area contributed by atoms with E-state index >= 15 is 0 Å². The molecule has 2 nitrogen and oxygen atoms in total. The Kier molecular flexibility index (Phi) is 2.22. The van der Waals surface area contributed by atoms with Crippen molar-refractivity contribution in [2.24, 2.45) is 0 Å². The summed E-state index contributed by atoms with van der Waals surface area (Å²) in [6, 6.07) is 9.60. The van der Waals surface area contributed by atoms with Crippen molar-refractivity contribution in [3.63, 3.8) is 0 Å². The highest BCUT2D eigenvalue weighted by molar-refractivity contribution is 6.31. The Morgan fingerprint density at radius 2 is 2.07 bits per heavy atom. The smallest absolute Gasteiger partial charge is 0.0885 e. The summed E-state index contributed by atoms with van der Waals surface area (Å²) in [6.45, 7) is 0. The fraction of sp³-hybridized carbons (Fsp3) is 0.364. The monoisotopic (exact) mass is 207 g/mol. The molecule has 0 aliphatic heterocycles. The lowest BCUT2D eigenvalue weighted by Gasteiger charge is -2.40. The van der Waals surface area contributed by atoms with Gasteiger partial charge in [0.1, 0.15) is 0 Å².